The highest BCUT2D eigenvalue weighted by Gasteiger charge is 2.33. The number of carbonyl (C=O) groups excluding carboxylic acids is 2. The second-order valence-corrected chi connectivity index (χ2v) is 7.86. The van der Waals surface area contributed by atoms with Gasteiger partial charge >= 0.3 is 0 Å². The molecule has 2 aliphatic heterocycles. The number of hydrogen-bond donors (Lipinski definition) is 1. The van der Waals surface area contributed by atoms with Crippen LogP contribution in [0.25, 0.3) is 0 Å². The molecule has 4 rings (SSSR count). The molecular formula is C22H27FN4O2. The Hall–Kier alpha value is -2.70. The minimum absolute atomic E-state index is 0.0630. The summed E-state index contributed by atoms with van der Waals surface area (Å²) in [4.78, 5) is 32.7. The average molecular weight is 398 g/mol. The zero-order chi connectivity index (χ0) is 20.4. The number of aromatic nitrogens is 2. The largest absolute Gasteiger partial charge is 0.334 e. The molecule has 2 aromatic rings. The second-order valence-electron chi connectivity index (χ2n) is 7.86. The third-order valence-electron chi connectivity index (χ3n) is 5.97. The fourth-order valence-electron chi connectivity index (χ4n) is 4.47. The normalized spacial score (nSPS) is 19.0. The number of amides is 2. The Morgan fingerprint density at radius 3 is 2.83 bits per heavy atom. The predicted octanol–water partition coefficient (Wildman–Crippen LogP) is 4.02. The van der Waals surface area contributed by atoms with E-state index in [1.165, 1.54) is 12.1 Å². The number of nitrogens with one attached hydrogen (secondary N) is 1. The zero-order valence-corrected chi connectivity index (χ0v) is 16.8. The lowest BCUT2D eigenvalue weighted by molar-refractivity contribution is 0.0600. The SMILES string of the molecule is CCC1CCCCN1C(=O)c1nc(C(=O)Nc2cccc(F)c2)n2c1CCCC2. The van der Waals surface area contributed by atoms with E-state index in [4.69, 9.17) is 0 Å². The summed E-state index contributed by atoms with van der Waals surface area (Å²) in [5, 5.41) is 2.71. The average Bonchev–Trinajstić information content (AvgIpc) is 3.13. The standard InChI is InChI=1S/C22H27FN4O2/c1-2-17-10-3-5-12-26(17)22(29)19-18-11-4-6-13-27(18)20(25-19)21(28)24-16-9-7-8-15(23)14-16/h7-9,14,17H,2-6,10-13H2,1H3,(H,24,28). The van der Waals surface area contributed by atoms with Crippen LogP contribution >= 0.6 is 0 Å². The molecule has 0 saturated carbocycles. The van der Waals surface area contributed by atoms with Crippen LogP contribution in [0.15, 0.2) is 24.3 Å². The van der Waals surface area contributed by atoms with Gasteiger partial charge in [0.2, 0.25) is 0 Å². The summed E-state index contributed by atoms with van der Waals surface area (Å²) in [5.74, 6) is -0.660. The van der Waals surface area contributed by atoms with Crippen LogP contribution in [0.4, 0.5) is 10.1 Å². The van der Waals surface area contributed by atoms with Crippen molar-refractivity contribution in [2.24, 2.45) is 0 Å². The van der Waals surface area contributed by atoms with Crippen LogP contribution in [-0.2, 0) is 13.0 Å². The van der Waals surface area contributed by atoms with Gasteiger partial charge in [-0.2, -0.15) is 0 Å². The molecule has 154 valence electrons. The first-order chi connectivity index (χ1) is 14.1. The number of anilines is 1. The molecule has 2 aliphatic rings. The molecule has 3 heterocycles. The minimum Gasteiger partial charge on any atom is -0.334 e. The number of halogens is 1. The van der Waals surface area contributed by atoms with Crippen molar-refractivity contribution < 1.29 is 14.0 Å². The lowest BCUT2D eigenvalue weighted by atomic mass is 9.99. The maximum atomic E-state index is 13.5. The molecule has 1 aromatic heterocycles. The van der Waals surface area contributed by atoms with Crippen molar-refractivity contribution in [1.82, 2.24) is 14.5 Å². The number of hydrogen-bond acceptors (Lipinski definition) is 3. The Labute approximate surface area is 170 Å². The Morgan fingerprint density at radius 2 is 2.03 bits per heavy atom. The Kier molecular flexibility index (Phi) is 5.65. The molecule has 1 N–H and O–H groups in total. The maximum Gasteiger partial charge on any atom is 0.291 e. The highest BCUT2D eigenvalue weighted by Crippen LogP contribution is 2.26. The number of fused-ring (bicyclic) bond motifs is 1. The van der Waals surface area contributed by atoms with Crippen molar-refractivity contribution in [2.75, 3.05) is 11.9 Å². The van der Waals surface area contributed by atoms with E-state index in [-0.39, 0.29) is 17.8 Å². The molecule has 0 radical (unpaired) electrons. The third-order valence-corrected chi connectivity index (χ3v) is 5.97. The van der Waals surface area contributed by atoms with Gasteiger partial charge in [-0.25, -0.2) is 9.37 Å². The van der Waals surface area contributed by atoms with Crippen LogP contribution in [0.5, 0.6) is 0 Å². The lowest BCUT2D eigenvalue weighted by Gasteiger charge is -2.35. The van der Waals surface area contributed by atoms with Crippen molar-refractivity contribution in [3.05, 3.63) is 47.3 Å². The molecule has 2 amide bonds. The molecule has 1 atom stereocenters. The van der Waals surface area contributed by atoms with Crippen molar-refractivity contribution >= 4 is 17.5 Å². The molecular weight excluding hydrogens is 371 g/mol. The molecule has 1 saturated heterocycles. The highest BCUT2D eigenvalue weighted by atomic mass is 19.1. The highest BCUT2D eigenvalue weighted by molar-refractivity contribution is 6.03. The molecule has 29 heavy (non-hydrogen) atoms. The molecule has 1 unspecified atom stereocenters. The quantitative estimate of drug-likeness (QED) is 0.846. The summed E-state index contributed by atoms with van der Waals surface area (Å²) in [6.45, 7) is 3.52. The van der Waals surface area contributed by atoms with Crippen molar-refractivity contribution in [3.8, 4) is 0 Å². The molecule has 0 spiro atoms. The van der Waals surface area contributed by atoms with Crippen LogP contribution in [-0.4, -0.2) is 38.9 Å². The number of likely N-dealkylation sites (tertiary alicyclic amines) is 1. The molecule has 0 aliphatic carbocycles. The summed E-state index contributed by atoms with van der Waals surface area (Å²) >= 11 is 0. The second kappa shape index (κ2) is 8.35. The third kappa shape index (κ3) is 3.91. The Balaban J connectivity index is 1.65. The molecule has 7 heteroatoms. The van der Waals surface area contributed by atoms with Gasteiger partial charge in [-0.05, 0) is 63.1 Å². The topological polar surface area (TPSA) is 67.2 Å². The van der Waals surface area contributed by atoms with Gasteiger partial charge < -0.3 is 14.8 Å². The van der Waals surface area contributed by atoms with Gasteiger partial charge in [-0.15, -0.1) is 0 Å². The number of carbonyl (C=O) groups is 2. The first kappa shape index (κ1) is 19.6. The van der Waals surface area contributed by atoms with Gasteiger partial charge in [-0.1, -0.05) is 13.0 Å². The summed E-state index contributed by atoms with van der Waals surface area (Å²) in [6, 6.07) is 6.01. The van der Waals surface area contributed by atoms with Crippen molar-refractivity contribution in [2.45, 2.75) is 64.5 Å². The molecule has 6 nitrogen and oxygen atoms in total. The molecule has 1 aromatic carbocycles. The minimum atomic E-state index is -0.417. The van der Waals surface area contributed by atoms with E-state index in [0.29, 0.717) is 17.9 Å². The Morgan fingerprint density at radius 1 is 1.21 bits per heavy atom. The van der Waals surface area contributed by atoms with Gasteiger partial charge in [0.25, 0.3) is 11.8 Å². The van der Waals surface area contributed by atoms with E-state index >= 15 is 0 Å². The smallest absolute Gasteiger partial charge is 0.291 e. The predicted molar refractivity (Wildman–Crippen MR) is 108 cm³/mol. The zero-order valence-electron chi connectivity index (χ0n) is 16.8. The van der Waals surface area contributed by atoms with Crippen LogP contribution in [0.2, 0.25) is 0 Å². The summed E-state index contributed by atoms with van der Waals surface area (Å²) < 4.78 is 15.3. The number of imidazole rings is 1. The number of piperidine rings is 1. The van der Waals surface area contributed by atoms with Gasteiger partial charge in [0.05, 0.1) is 5.69 Å². The van der Waals surface area contributed by atoms with Gasteiger partial charge in [-0.3, -0.25) is 9.59 Å². The number of benzene rings is 1. The van der Waals surface area contributed by atoms with Crippen molar-refractivity contribution in [3.63, 3.8) is 0 Å². The van der Waals surface area contributed by atoms with E-state index in [1.54, 1.807) is 12.1 Å². The van der Waals surface area contributed by atoms with Crippen LogP contribution < -0.4 is 5.32 Å². The van der Waals surface area contributed by atoms with E-state index in [0.717, 1.165) is 57.2 Å². The van der Waals surface area contributed by atoms with E-state index in [1.807, 2.05) is 9.47 Å². The monoisotopic (exact) mass is 398 g/mol. The molecule has 0 bridgehead atoms. The fraction of sp³-hybridized carbons (Fsp3) is 0.500. The number of nitrogens with zero attached hydrogens (tertiary/aromatic N) is 3. The maximum absolute atomic E-state index is 13.5. The van der Waals surface area contributed by atoms with Crippen LogP contribution in [0.1, 0.15) is 72.3 Å². The summed E-state index contributed by atoms with van der Waals surface area (Å²) in [5.41, 5.74) is 1.64. The van der Waals surface area contributed by atoms with Crippen molar-refractivity contribution in [1.29, 1.82) is 0 Å². The van der Waals surface area contributed by atoms with Gasteiger partial charge in [0.1, 0.15) is 11.5 Å². The lowest BCUT2D eigenvalue weighted by Crippen LogP contribution is -2.44. The number of rotatable bonds is 4. The Bertz CT molecular complexity index is 924. The van der Waals surface area contributed by atoms with Crippen LogP contribution in [0, 0.1) is 5.82 Å². The van der Waals surface area contributed by atoms with E-state index in [9.17, 15) is 14.0 Å². The van der Waals surface area contributed by atoms with Gasteiger partial charge in [0, 0.05) is 24.8 Å². The summed E-state index contributed by atoms with van der Waals surface area (Å²) in [6.07, 6.45) is 6.76. The first-order valence-electron chi connectivity index (χ1n) is 10.6. The molecule has 1 fully saturated rings. The van der Waals surface area contributed by atoms with E-state index in [2.05, 4.69) is 17.2 Å². The van der Waals surface area contributed by atoms with E-state index < -0.39 is 11.7 Å². The fourth-order valence-corrected chi connectivity index (χ4v) is 4.47. The summed E-state index contributed by atoms with van der Waals surface area (Å²) in [7, 11) is 0. The van der Waals surface area contributed by atoms with Gasteiger partial charge in [0.15, 0.2) is 5.82 Å². The first-order valence-corrected chi connectivity index (χ1v) is 10.6. The van der Waals surface area contributed by atoms with Crippen LogP contribution in [0.3, 0.4) is 0 Å².